The largest absolute Gasteiger partial charge is 0.348 e. The number of aryl methyl sites for hydroxylation is 1. The number of carbonyl (C=O) groups is 2. The summed E-state index contributed by atoms with van der Waals surface area (Å²) in [6.07, 6.45) is 3.45. The number of nitriles is 1. The lowest BCUT2D eigenvalue weighted by Crippen LogP contribution is -2.22. The molecule has 35 heavy (non-hydrogen) atoms. The predicted octanol–water partition coefficient (Wildman–Crippen LogP) is 4.71. The minimum Gasteiger partial charge on any atom is -0.348 e. The number of amides is 2. The molecule has 0 saturated heterocycles. The van der Waals surface area contributed by atoms with Crippen LogP contribution in [0.2, 0.25) is 0 Å². The molecule has 1 aromatic heterocycles. The fourth-order valence-corrected chi connectivity index (χ4v) is 4.15. The highest BCUT2D eigenvalue weighted by molar-refractivity contribution is 7.99. The number of aromatic nitrogens is 2. The Labute approximate surface area is 207 Å². The van der Waals surface area contributed by atoms with E-state index in [1.54, 1.807) is 48.8 Å². The van der Waals surface area contributed by atoms with Crippen molar-refractivity contribution >= 4 is 29.3 Å². The Kier molecular flexibility index (Phi) is 7.60. The molecule has 1 heterocycles. The van der Waals surface area contributed by atoms with Gasteiger partial charge in [0.15, 0.2) is 5.16 Å². The Hall–Kier alpha value is -4.35. The van der Waals surface area contributed by atoms with Crippen molar-refractivity contribution < 1.29 is 9.59 Å². The smallest absolute Gasteiger partial charge is 0.251 e. The number of carbonyl (C=O) groups excluding carboxylic acids is 2. The van der Waals surface area contributed by atoms with E-state index in [-0.39, 0.29) is 17.6 Å². The van der Waals surface area contributed by atoms with Crippen LogP contribution in [-0.2, 0) is 11.3 Å². The maximum atomic E-state index is 12.7. The summed E-state index contributed by atoms with van der Waals surface area (Å²) >= 11 is 1.28. The summed E-state index contributed by atoms with van der Waals surface area (Å²) in [6.45, 7) is 2.47. The third-order valence-electron chi connectivity index (χ3n) is 5.17. The topological polar surface area (TPSA) is 99.8 Å². The Morgan fingerprint density at radius 2 is 1.86 bits per heavy atom. The Morgan fingerprint density at radius 1 is 1.06 bits per heavy atom. The molecule has 4 aromatic rings. The first kappa shape index (κ1) is 23.8. The quantitative estimate of drug-likeness (QED) is 0.355. The van der Waals surface area contributed by atoms with E-state index < -0.39 is 0 Å². The minimum absolute atomic E-state index is 0.143. The molecule has 2 amide bonds. The fourth-order valence-electron chi connectivity index (χ4n) is 3.37. The van der Waals surface area contributed by atoms with Gasteiger partial charge in [-0.25, -0.2) is 4.98 Å². The van der Waals surface area contributed by atoms with Gasteiger partial charge in [-0.2, -0.15) is 5.26 Å². The molecule has 3 aromatic carbocycles. The van der Waals surface area contributed by atoms with Gasteiger partial charge in [-0.05, 0) is 48.9 Å². The molecule has 0 aliphatic heterocycles. The van der Waals surface area contributed by atoms with Gasteiger partial charge in [0.25, 0.3) is 5.91 Å². The van der Waals surface area contributed by atoms with Gasteiger partial charge in [-0.1, -0.05) is 53.7 Å². The van der Waals surface area contributed by atoms with Crippen LogP contribution in [-0.4, -0.2) is 27.1 Å². The zero-order chi connectivity index (χ0) is 24.6. The van der Waals surface area contributed by atoms with E-state index in [9.17, 15) is 9.59 Å². The number of anilines is 1. The number of imidazole rings is 1. The maximum Gasteiger partial charge on any atom is 0.251 e. The molecule has 4 rings (SSSR count). The summed E-state index contributed by atoms with van der Waals surface area (Å²) in [7, 11) is 0. The van der Waals surface area contributed by atoms with Gasteiger partial charge in [0.1, 0.15) is 0 Å². The van der Waals surface area contributed by atoms with Crippen LogP contribution in [0, 0.1) is 18.3 Å². The van der Waals surface area contributed by atoms with Crippen LogP contribution in [0.25, 0.3) is 5.69 Å². The van der Waals surface area contributed by atoms with Gasteiger partial charge in [0.2, 0.25) is 5.91 Å². The van der Waals surface area contributed by atoms with Gasteiger partial charge in [0.05, 0.1) is 17.4 Å². The van der Waals surface area contributed by atoms with Crippen LogP contribution < -0.4 is 10.6 Å². The molecular formula is C27H23N5O2S. The molecule has 2 N–H and O–H groups in total. The van der Waals surface area contributed by atoms with E-state index in [4.69, 9.17) is 5.26 Å². The average Bonchev–Trinajstić information content (AvgIpc) is 3.36. The first-order valence-corrected chi connectivity index (χ1v) is 11.9. The van der Waals surface area contributed by atoms with Crippen molar-refractivity contribution in [3.05, 3.63) is 107 Å². The van der Waals surface area contributed by atoms with E-state index in [2.05, 4.69) is 21.7 Å². The molecule has 8 heteroatoms. The highest BCUT2D eigenvalue weighted by Gasteiger charge is 2.12. The van der Waals surface area contributed by atoms with E-state index in [1.165, 1.54) is 17.3 Å². The van der Waals surface area contributed by atoms with Gasteiger partial charge in [-0.3, -0.25) is 14.2 Å². The average molecular weight is 482 g/mol. The molecule has 0 fully saturated rings. The van der Waals surface area contributed by atoms with Gasteiger partial charge < -0.3 is 10.6 Å². The molecule has 0 spiro atoms. The van der Waals surface area contributed by atoms with Crippen LogP contribution in [0.3, 0.4) is 0 Å². The summed E-state index contributed by atoms with van der Waals surface area (Å²) in [6, 6.07) is 24.1. The molecule has 0 saturated carbocycles. The van der Waals surface area contributed by atoms with Crippen molar-refractivity contribution in [2.24, 2.45) is 0 Å². The van der Waals surface area contributed by atoms with Crippen LogP contribution in [0.15, 0.2) is 90.3 Å². The predicted molar refractivity (Wildman–Crippen MR) is 136 cm³/mol. The summed E-state index contributed by atoms with van der Waals surface area (Å²) in [5.41, 5.74) is 4.57. The first-order valence-electron chi connectivity index (χ1n) is 10.9. The molecule has 174 valence electrons. The van der Waals surface area contributed by atoms with Gasteiger partial charge in [0, 0.05) is 35.9 Å². The highest BCUT2D eigenvalue weighted by atomic mass is 32.2. The number of hydrogen-bond acceptors (Lipinski definition) is 5. The normalized spacial score (nSPS) is 10.4. The lowest BCUT2D eigenvalue weighted by atomic mass is 10.1. The first-order chi connectivity index (χ1) is 17.0. The van der Waals surface area contributed by atoms with Crippen molar-refractivity contribution in [2.45, 2.75) is 18.6 Å². The molecule has 0 bridgehead atoms. The van der Waals surface area contributed by atoms with Crippen LogP contribution >= 0.6 is 11.8 Å². The molecule has 0 aliphatic carbocycles. The monoisotopic (exact) mass is 481 g/mol. The number of nitrogens with one attached hydrogen (secondary N) is 2. The Balaban J connectivity index is 1.38. The number of benzene rings is 3. The number of hydrogen-bond donors (Lipinski definition) is 2. The second-order valence-corrected chi connectivity index (χ2v) is 8.77. The van der Waals surface area contributed by atoms with Crippen molar-refractivity contribution in [1.29, 1.82) is 5.26 Å². The summed E-state index contributed by atoms with van der Waals surface area (Å²) < 4.78 is 1.84. The van der Waals surface area contributed by atoms with E-state index >= 15 is 0 Å². The van der Waals surface area contributed by atoms with E-state index in [0.717, 1.165) is 11.3 Å². The van der Waals surface area contributed by atoms with Crippen molar-refractivity contribution in [1.82, 2.24) is 14.9 Å². The maximum absolute atomic E-state index is 12.7. The van der Waals surface area contributed by atoms with Crippen LogP contribution in [0.5, 0.6) is 0 Å². The Morgan fingerprint density at radius 3 is 2.66 bits per heavy atom. The molecular weight excluding hydrogens is 458 g/mol. The van der Waals surface area contributed by atoms with Gasteiger partial charge in [-0.15, -0.1) is 0 Å². The zero-order valence-corrected chi connectivity index (χ0v) is 19.9. The molecule has 0 radical (unpaired) electrons. The lowest BCUT2D eigenvalue weighted by molar-refractivity contribution is -0.113. The van der Waals surface area contributed by atoms with Crippen LogP contribution in [0.4, 0.5) is 5.69 Å². The SMILES string of the molecule is Cc1ccc(CNC(=O)c2cccc(-n3ccnc3SCC(=O)Nc3cccc(C#N)c3)c2)cc1. The molecule has 0 aliphatic rings. The van der Waals surface area contributed by atoms with E-state index in [1.807, 2.05) is 47.9 Å². The molecule has 0 unspecified atom stereocenters. The van der Waals surface area contributed by atoms with Crippen molar-refractivity contribution in [2.75, 3.05) is 11.1 Å². The van der Waals surface area contributed by atoms with Gasteiger partial charge >= 0.3 is 0 Å². The lowest BCUT2D eigenvalue weighted by Gasteiger charge is -2.10. The third-order valence-corrected chi connectivity index (χ3v) is 6.14. The van der Waals surface area contributed by atoms with E-state index in [0.29, 0.717) is 28.5 Å². The van der Waals surface area contributed by atoms with Crippen molar-refractivity contribution in [3.8, 4) is 11.8 Å². The summed E-state index contributed by atoms with van der Waals surface area (Å²) in [5.74, 6) is -0.227. The standard InChI is InChI=1S/C27H23N5O2S/c1-19-8-10-20(11-9-19)17-30-26(34)22-5-3-7-24(15-22)32-13-12-29-27(32)35-18-25(33)31-23-6-2-4-21(14-23)16-28/h2-15H,17-18H2,1H3,(H,30,34)(H,31,33). The highest BCUT2D eigenvalue weighted by Crippen LogP contribution is 2.22. The molecule has 0 atom stereocenters. The molecule has 7 nitrogen and oxygen atoms in total. The minimum atomic E-state index is -0.205. The summed E-state index contributed by atoms with van der Waals surface area (Å²) in [5, 5.41) is 15.4. The van der Waals surface area contributed by atoms with Crippen LogP contribution in [0.1, 0.15) is 27.0 Å². The number of nitrogens with zero attached hydrogens (tertiary/aromatic N) is 3. The third kappa shape index (κ3) is 6.37. The zero-order valence-electron chi connectivity index (χ0n) is 19.1. The second kappa shape index (κ2) is 11.2. The second-order valence-electron chi connectivity index (χ2n) is 7.83. The number of thioether (sulfide) groups is 1. The number of rotatable bonds is 8. The Bertz CT molecular complexity index is 1390. The van der Waals surface area contributed by atoms with Crippen molar-refractivity contribution in [3.63, 3.8) is 0 Å². The summed E-state index contributed by atoms with van der Waals surface area (Å²) in [4.78, 5) is 29.5. The fraction of sp³-hybridized carbons (Fsp3) is 0.111.